The minimum absolute atomic E-state index is 0.427. The third-order valence-corrected chi connectivity index (χ3v) is 3.82. The fourth-order valence-electron chi connectivity index (χ4n) is 2.43. The van der Waals surface area contributed by atoms with Crippen LogP contribution in [0.3, 0.4) is 0 Å². The second kappa shape index (κ2) is 5.07. The van der Waals surface area contributed by atoms with Gasteiger partial charge in [0.1, 0.15) is 0 Å². The van der Waals surface area contributed by atoms with E-state index in [1.165, 1.54) is 24.8 Å². The SMILES string of the molecule is CC(C)c1ccncc1-c1nnn(CC2CCC2)n1. The zero-order valence-corrected chi connectivity index (χ0v) is 11.5. The quantitative estimate of drug-likeness (QED) is 0.845. The lowest BCUT2D eigenvalue weighted by Crippen LogP contribution is -2.19. The van der Waals surface area contributed by atoms with Crippen LogP contribution in [-0.4, -0.2) is 25.2 Å². The van der Waals surface area contributed by atoms with Crippen molar-refractivity contribution >= 4 is 0 Å². The smallest absolute Gasteiger partial charge is 0.206 e. The number of hydrogen-bond donors (Lipinski definition) is 0. The van der Waals surface area contributed by atoms with Crippen LogP contribution in [0.5, 0.6) is 0 Å². The summed E-state index contributed by atoms with van der Waals surface area (Å²) in [6.07, 6.45) is 7.58. The van der Waals surface area contributed by atoms with Gasteiger partial charge in [0.05, 0.1) is 6.54 Å². The molecule has 0 unspecified atom stereocenters. The molecular weight excluding hydrogens is 238 g/mol. The molecule has 5 heteroatoms. The summed E-state index contributed by atoms with van der Waals surface area (Å²) in [6, 6.07) is 2.03. The Balaban J connectivity index is 1.85. The maximum atomic E-state index is 4.50. The maximum absolute atomic E-state index is 4.50. The Morgan fingerprint density at radius 2 is 2.21 bits per heavy atom. The van der Waals surface area contributed by atoms with Gasteiger partial charge in [0.2, 0.25) is 5.82 Å². The minimum Gasteiger partial charge on any atom is -0.264 e. The average molecular weight is 257 g/mol. The van der Waals surface area contributed by atoms with Crippen molar-refractivity contribution in [3.63, 3.8) is 0 Å². The summed E-state index contributed by atoms with van der Waals surface area (Å²) in [5, 5.41) is 12.8. The molecule has 0 aromatic carbocycles. The molecule has 1 aliphatic carbocycles. The fraction of sp³-hybridized carbons (Fsp3) is 0.571. The predicted octanol–water partition coefficient (Wildman–Crippen LogP) is 2.66. The van der Waals surface area contributed by atoms with Gasteiger partial charge in [-0.05, 0) is 41.5 Å². The maximum Gasteiger partial charge on any atom is 0.206 e. The summed E-state index contributed by atoms with van der Waals surface area (Å²) in [5.41, 5.74) is 2.22. The summed E-state index contributed by atoms with van der Waals surface area (Å²) in [6.45, 7) is 5.22. The van der Waals surface area contributed by atoms with Gasteiger partial charge in [0.25, 0.3) is 0 Å². The molecule has 2 aromatic rings. The minimum atomic E-state index is 0.427. The topological polar surface area (TPSA) is 56.5 Å². The third-order valence-electron chi connectivity index (χ3n) is 3.82. The van der Waals surface area contributed by atoms with Crippen LogP contribution in [0.4, 0.5) is 0 Å². The predicted molar refractivity (Wildman–Crippen MR) is 72.5 cm³/mol. The van der Waals surface area contributed by atoms with E-state index >= 15 is 0 Å². The van der Waals surface area contributed by atoms with Crippen molar-refractivity contribution in [2.45, 2.75) is 45.6 Å². The molecule has 0 spiro atoms. The van der Waals surface area contributed by atoms with Crippen LogP contribution >= 0.6 is 0 Å². The van der Waals surface area contributed by atoms with Gasteiger partial charge >= 0.3 is 0 Å². The average Bonchev–Trinajstić information content (AvgIpc) is 2.82. The number of tetrazole rings is 1. The monoisotopic (exact) mass is 257 g/mol. The molecule has 0 radical (unpaired) electrons. The van der Waals surface area contributed by atoms with Gasteiger partial charge in [0.15, 0.2) is 0 Å². The van der Waals surface area contributed by atoms with Crippen molar-refractivity contribution in [1.29, 1.82) is 0 Å². The van der Waals surface area contributed by atoms with Crippen molar-refractivity contribution in [2.75, 3.05) is 0 Å². The van der Waals surface area contributed by atoms with Crippen LogP contribution in [0, 0.1) is 5.92 Å². The fourth-order valence-corrected chi connectivity index (χ4v) is 2.43. The molecule has 1 fully saturated rings. The summed E-state index contributed by atoms with van der Waals surface area (Å²) < 4.78 is 0. The zero-order chi connectivity index (χ0) is 13.2. The molecule has 19 heavy (non-hydrogen) atoms. The Kier molecular flexibility index (Phi) is 3.27. The number of rotatable bonds is 4. The van der Waals surface area contributed by atoms with E-state index in [1.807, 2.05) is 18.5 Å². The number of hydrogen-bond acceptors (Lipinski definition) is 4. The van der Waals surface area contributed by atoms with Gasteiger partial charge in [0, 0.05) is 18.0 Å². The van der Waals surface area contributed by atoms with E-state index < -0.39 is 0 Å². The lowest BCUT2D eigenvalue weighted by Gasteiger charge is -2.23. The van der Waals surface area contributed by atoms with Crippen LogP contribution in [0.15, 0.2) is 18.5 Å². The van der Waals surface area contributed by atoms with Crippen LogP contribution in [0.1, 0.15) is 44.6 Å². The summed E-state index contributed by atoms with van der Waals surface area (Å²) in [7, 11) is 0. The summed E-state index contributed by atoms with van der Waals surface area (Å²) in [4.78, 5) is 5.92. The molecule has 0 amide bonds. The largest absolute Gasteiger partial charge is 0.264 e. The van der Waals surface area contributed by atoms with E-state index in [0.29, 0.717) is 11.7 Å². The normalized spacial score (nSPS) is 15.7. The van der Waals surface area contributed by atoms with Crippen molar-refractivity contribution in [2.24, 2.45) is 5.92 Å². The van der Waals surface area contributed by atoms with Crippen molar-refractivity contribution in [3.8, 4) is 11.4 Å². The van der Waals surface area contributed by atoms with Crippen LogP contribution in [0.25, 0.3) is 11.4 Å². The van der Waals surface area contributed by atoms with Crippen molar-refractivity contribution in [3.05, 3.63) is 24.0 Å². The van der Waals surface area contributed by atoms with Gasteiger partial charge in [-0.3, -0.25) is 4.98 Å². The first-order valence-electron chi connectivity index (χ1n) is 6.96. The van der Waals surface area contributed by atoms with Gasteiger partial charge < -0.3 is 0 Å². The summed E-state index contributed by atoms with van der Waals surface area (Å²) in [5.74, 6) is 1.85. The molecule has 0 N–H and O–H groups in total. The van der Waals surface area contributed by atoms with E-state index in [-0.39, 0.29) is 0 Å². The molecule has 5 nitrogen and oxygen atoms in total. The molecule has 100 valence electrons. The lowest BCUT2D eigenvalue weighted by atomic mass is 9.86. The highest BCUT2D eigenvalue weighted by Crippen LogP contribution is 2.28. The standard InChI is InChI=1S/C14H19N5/c1-10(2)12-6-7-15-8-13(12)14-16-18-19(17-14)9-11-4-3-5-11/h6-8,10-11H,3-5,9H2,1-2H3. The lowest BCUT2D eigenvalue weighted by molar-refractivity contribution is 0.252. The Hall–Kier alpha value is -1.78. The molecule has 1 saturated carbocycles. The molecule has 3 rings (SSSR count). The molecule has 2 aromatic heterocycles. The second-order valence-electron chi connectivity index (χ2n) is 5.58. The van der Waals surface area contributed by atoms with Crippen LogP contribution in [-0.2, 0) is 6.54 Å². The first-order valence-corrected chi connectivity index (χ1v) is 6.96. The molecular formula is C14H19N5. The van der Waals surface area contributed by atoms with Gasteiger partial charge in [-0.15, -0.1) is 10.2 Å². The van der Waals surface area contributed by atoms with Crippen molar-refractivity contribution in [1.82, 2.24) is 25.2 Å². The van der Waals surface area contributed by atoms with E-state index in [2.05, 4.69) is 34.2 Å². The van der Waals surface area contributed by atoms with Crippen molar-refractivity contribution < 1.29 is 0 Å². The molecule has 2 heterocycles. The van der Waals surface area contributed by atoms with E-state index in [9.17, 15) is 0 Å². The Labute approximate surface area is 113 Å². The molecule has 0 atom stereocenters. The van der Waals surface area contributed by atoms with Gasteiger partial charge in [-0.1, -0.05) is 20.3 Å². The zero-order valence-electron chi connectivity index (χ0n) is 11.5. The van der Waals surface area contributed by atoms with E-state index in [0.717, 1.165) is 18.0 Å². The second-order valence-corrected chi connectivity index (χ2v) is 5.58. The highest BCUT2D eigenvalue weighted by molar-refractivity contribution is 5.58. The molecule has 0 aliphatic heterocycles. The van der Waals surface area contributed by atoms with Gasteiger partial charge in [-0.25, -0.2) is 0 Å². The number of nitrogens with zero attached hydrogens (tertiary/aromatic N) is 5. The first-order chi connectivity index (χ1) is 9.24. The molecule has 0 saturated heterocycles. The van der Waals surface area contributed by atoms with E-state index in [1.54, 1.807) is 4.80 Å². The number of aromatic nitrogens is 5. The Morgan fingerprint density at radius 3 is 2.89 bits per heavy atom. The first kappa shape index (κ1) is 12.3. The highest BCUT2D eigenvalue weighted by Gasteiger charge is 2.20. The summed E-state index contributed by atoms with van der Waals surface area (Å²) >= 11 is 0. The molecule has 1 aliphatic rings. The van der Waals surface area contributed by atoms with Gasteiger partial charge in [-0.2, -0.15) is 4.80 Å². The van der Waals surface area contributed by atoms with Crippen LogP contribution < -0.4 is 0 Å². The Morgan fingerprint density at radius 1 is 1.37 bits per heavy atom. The van der Waals surface area contributed by atoms with Crippen LogP contribution in [0.2, 0.25) is 0 Å². The Bertz CT molecular complexity index is 556. The molecule has 0 bridgehead atoms. The van der Waals surface area contributed by atoms with E-state index in [4.69, 9.17) is 0 Å². The highest BCUT2D eigenvalue weighted by atomic mass is 15.6. The third kappa shape index (κ3) is 2.50. The number of pyridine rings is 1.